The van der Waals surface area contributed by atoms with Gasteiger partial charge in [0.05, 0.1) is 19.3 Å². The highest BCUT2D eigenvalue weighted by Gasteiger charge is 2.28. The van der Waals surface area contributed by atoms with Crippen LogP contribution < -0.4 is 5.32 Å². The van der Waals surface area contributed by atoms with E-state index >= 15 is 0 Å². The van der Waals surface area contributed by atoms with Crippen LogP contribution in [-0.4, -0.2) is 43.1 Å². The Kier molecular flexibility index (Phi) is 4.70. The summed E-state index contributed by atoms with van der Waals surface area (Å²) in [5.41, 5.74) is 0. The van der Waals surface area contributed by atoms with Crippen molar-refractivity contribution >= 4 is 11.8 Å². The fourth-order valence-corrected chi connectivity index (χ4v) is 2.09. The van der Waals surface area contributed by atoms with Crippen LogP contribution in [0.15, 0.2) is 0 Å². The first kappa shape index (κ1) is 12.3. The Labute approximate surface area is 90.9 Å². The first-order chi connectivity index (χ1) is 6.53. The number of ether oxygens (including phenoxy) is 2. The third-order valence-electron chi connectivity index (χ3n) is 2.20. The average Bonchev–Trinajstić information content (AvgIpc) is 2.09. The van der Waals surface area contributed by atoms with E-state index in [0.717, 1.165) is 19.0 Å². The van der Waals surface area contributed by atoms with Gasteiger partial charge in [-0.2, -0.15) is 11.8 Å². The smallest absolute Gasteiger partial charge is 0.162 e. The Morgan fingerprint density at radius 3 is 2.50 bits per heavy atom. The molecule has 0 amide bonds. The van der Waals surface area contributed by atoms with Crippen LogP contribution in [0.2, 0.25) is 0 Å². The fraction of sp³-hybridized carbons (Fsp3) is 1.00. The summed E-state index contributed by atoms with van der Waals surface area (Å²) in [5, 5.41) is 3.49. The molecule has 14 heavy (non-hydrogen) atoms. The minimum atomic E-state index is -0.402. The second-order valence-electron chi connectivity index (χ2n) is 4.24. The highest BCUT2D eigenvalue weighted by molar-refractivity contribution is 7.98. The van der Waals surface area contributed by atoms with Crippen molar-refractivity contribution in [2.75, 3.05) is 25.2 Å². The summed E-state index contributed by atoms with van der Waals surface area (Å²) in [7, 11) is 0. The van der Waals surface area contributed by atoms with Gasteiger partial charge in [-0.05, 0) is 27.0 Å². The van der Waals surface area contributed by atoms with Gasteiger partial charge in [0.15, 0.2) is 5.79 Å². The van der Waals surface area contributed by atoms with Gasteiger partial charge in [0.1, 0.15) is 0 Å². The van der Waals surface area contributed by atoms with E-state index in [1.807, 2.05) is 25.6 Å². The molecule has 0 aromatic heterocycles. The summed E-state index contributed by atoms with van der Waals surface area (Å²) in [5.74, 6) is 0.723. The van der Waals surface area contributed by atoms with Crippen molar-refractivity contribution in [3.05, 3.63) is 0 Å². The molecular weight excluding hydrogens is 198 g/mol. The molecule has 1 unspecified atom stereocenters. The van der Waals surface area contributed by atoms with E-state index in [-0.39, 0.29) is 0 Å². The molecule has 0 aliphatic carbocycles. The molecule has 0 spiro atoms. The molecule has 0 aromatic carbocycles. The lowest BCUT2D eigenvalue weighted by Crippen LogP contribution is -2.51. The summed E-state index contributed by atoms with van der Waals surface area (Å²) in [6, 6.07) is 0.855. The molecule has 1 atom stereocenters. The zero-order valence-corrected chi connectivity index (χ0v) is 10.3. The maximum Gasteiger partial charge on any atom is 0.162 e. The Balaban J connectivity index is 2.22. The number of hydrogen-bond acceptors (Lipinski definition) is 4. The largest absolute Gasteiger partial charge is 0.349 e. The van der Waals surface area contributed by atoms with Gasteiger partial charge in [-0.3, -0.25) is 0 Å². The monoisotopic (exact) mass is 219 g/mol. The molecule has 1 rings (SSSR count). The van der Waals surface area contributed by atoms with Gasteiger partial charge in [-0.25, -0.2) is 0 Å². The molecule has 1 aliphatic heterocycles. The zero-order chi connectivity index (χ0) is 10.6. The van der Waals surface area contributed by atoms with E-state index in [2.05, 4.69) is 18.5 Å². The summed E-state index contributed by atoms with van der Waals surface area (Å²) < 4.78 is 11.1. The molecule has 0 radical (unpaired) electrons. The van der Waals surface area contributed by atoms with Crippen molar-refractivity contribution in [1.82, 2.24) is 5.32 Å². The zero-order valence-electron chi connectivity index (χ0n) is 9.50. The maximum absolute atomic E-state index is 5.57. The molecule has 0 saturated carbocycles. The van der Waals surface area contributed by atoms with E-state index in [0.29, 0.717) is 12.1 Å². The molecular formula is C10H21NO2S. The molecule has 1 fully saturated rings. The Bertz CT molecular complexity index is 166. The first-order valence-corrected chi connectivity index (χ1v) is 6.46. The molecule has 1 heterocycles. The van der Waals surface area contributed by atoms with Crippen molar-refractivity contribution in [2.45, 2.75) is 38.6 Å². The SMILES string of the molecule is CSCC(C)NC1COC(C)(C)OC1. The molecule has 0 aromatic rings. The standard InChI is InChI=1S/C10H21NO2S/c1-8(7-14-4)11-9-5-12-10(2,3)13-6-9/h8-9,11H,5-7H2,1-4H3. The van der Waals surface area contributed by atoms with Crippen molar-refractivity contribution in [3.63, 3.8) is 0 Å². The van der Waals surface area contributed by atoms with Crippen LogP contribution in [0.3, 0.4) is 0 Å². The third-order valence-corrected chi connectivity index (χ3v) is 3.03. The van der Waals surface area contributed by atoms with E-state index in [4.69, 9.17) is 9.47 Å². The molecule has 1 N–H and O–H groups in total. The minimum Gasteiger partial charge on any atom is -0.349 e. The molecule has 3 nitrogen and oxygen atoms in total. The Morgan fingerprint density at radius 1 is 1.43 bits per heavy atom. The molecule has 84 valence electrons. The topological polar surface area (TPSA) is 30.5 Å². The lowest BCUT2D eigenvalue weighted by atomic mass is 10.2. The lowest BCUT2D eigenvalue weighted by molar-refractivity contribution is -0.253. The van der Waals surface area contributed by atoms with Crippen LogP contribution in [0.5, 0.6) is 0 Å². The van der Waals surface area contributed by atoms with Crippen LogP contribution in [0.4, 0.5) is 0 Å². The second-order valence-corrected chi connectivity index (χ2v) is 5.15. The maximum atomic E-state index is 5.57. The van der Waals surface area contributed by atoms with Crippen molar-refractivity contribution in [3.8, 4) is 0 Å². The van der Waals surface area contributed by atoms with Crippen LogP contribution in [-0.2, 0) is 9.47 Å². The fourth-order valence-electron chi connectivity index (χ4n) is 1.49. The van der Waals surface area contributed by atoms with Gasteiger partial charge >= 0.3 is 0 Å². The predicted octanol–water partition coefficient (Wildman–Crippen LogP) is 1.48. The predicted molar refractivity (Wildman–Crippen MR) is 60.8 cm³/mol. The average molecular weight is 219 g/mol. The van der Waals surface area contributed by atoms with Crippen LogP contribution >= 0.6 is 11.8 Å². The molecule has 1 saturated heterocycles. The van der Waals surface area contributed by atoms with Gasteiger partial charge < -0.3 is 14.8 Å². The van der Waals surface area contributed by atoms with E-state index < -0.39 is 5.79 Å². The van der Waals surface area contributed by atoms with Gasteiger partial charge in [-0.15, -0.1) is 0 Å². The molecule has 1 aliphatic rings. The molecule has 4 heteroatoms. The number of nitrogens with one attached hydrogen (secondary N) is 1. The van der Waals surface area contributed by atoms with Gasteiger partial charge in [-0.1, -0.05) is 0 Å². The van der Waals surface area contributed by atoms with Gasteiger partial charge in [0.25, 0.3) is 0 Å². The van der Waals surface area contributed by atoms with Crippen molar-refractivity contribution in [2.24, 2.45) is 0 Å². The number of rotatable bonds is 4. The number of thioether (sulfide) groups is 1. The van der Waals surface area contributed by atoms with Crippen molar-refractivity contribution < 1.29 is 9.47 Å². The summed E-state index contributed by atoms with van der Waals surface area (Å²) in [6.07, 6.45) is 2.12. The van der Waals surface area contributed by atoms with Gasteiger partial charge in [0.2, 0.25) is 0 Å². The van der Waals surface area contributed by atoms with E-state index in [1.54, 1.807) is 0 Å². The summed E-state index contributed by atoms with van der Waals surface area (Å²) >= 11 is 1.85. The summed E-state index contributed by atoms with van der Waals surface area (Å²) in [4.78, 5) is 0. The second kappa shape index (κ2) is 5.35. The van der Waals surface area contributed by atoms with Crippen molar-refractivity contribution in [1.29, 1.82) is 0 Å². The number of hydrogen-bond donors (Lipinski definition) is 1. The highest BCUT2D eigenvalue weighted by Crippen LogP contribution is 2.17. The quantitative estimate of drug-likeness (QED) is 0.776. The van der Waals surface area contributed by atoms with E-state index in [1.165, 1.54) is 0 Å². The van der Waals surface area contributed by atoms with E-state index in [9.17, 15) is 0 Å². The highest BCUT2D eigenvalue weighted by atomic mass is 32.2. The third kappa shape index (κ3) is 4.17. The van der Waals surface area contributed by atoms with Crippen LogP contribution in [0, 0.1) is 0 Å². The minimum absolute atomic E-state index is 0.338. The molecule has 0 bridgehead atoms. The first-order valence-electron chi connectivity index (χ1n) is 5.06. The normalized spacial score (nSPS) is 24.9. The lowest BCUT2D eigenvalue weighted by Gasteiger charge is -2.36. The Hall–Kier alpha value is 0.230. The van der Waals surface area contributed by atoms with Crippen LogP contribution in [0.1, 0.15) is 20.8 Å². The van der Waals surface area contributed by atoms with Crippen LogP contribution in [0.25, 0.3) is 0 Å². The van der Waals surface area contributed by atoms with Gasteiger partial charge in [0, 0.05) is 11.8 Å². The summed E-state index contributed by atoms with van der Waals surface area (Å²) in [6.45, 7) is 7.58. The Morgan fingerprint density at radius 2 is 2.00 bits per heavy atom.